The number of nitrogens with zero attached hydrogens (tertiary/aromatic N) is 6. The first kappa shape index (κ1) is 23.8. The first-order chi connectivity index (χ1) is 18.0. The van der Waals surface area contributed by atoms with Gasteiger partial charge in [0.25, 0.3) is 5.56 Å². The Balaban J connectivity index is 1.39. The Morgan fingerprint density at radius 3 is 2.46 bits per heavy atom. The van der Waals surface area contributed by atoms with Gasteiger partial charge in [0.05, 0.1) is 11.6 Å². The predicted molar refractivity (Wildman–Crippen MR) is 141 cm³/mol. The molecule has 9 heteroatoms. The summed E-state index contributed by atoms with van der Waals surface area (Å²) in [5, 5.41) is 14.0. The molecular formula is C28H32FN7O. The van der Waals surface area contributed by atoms with Gasteiger partial charge in [-0.2, -0.15) is 0 Å². The van der Waals surface area contributed by atoms with Crippen LogP contribution in [-0.2, 0) is 0 Å². The highest BCUT2D eigenvalue weighted by Gasteiger charge is 2.34. The number of benzene rings is 2. The number of anilines is 1. The van der Waals surface area contributed by atoms with E-state index >= 15 is 0 Å². The molecular weight excluding hydrogens is 469 g/mol. The first-order valence-electron chi connectivity index (χ1n) is 13.1. The number of tetrazole rings is 1. The van der Waals surface area contributed by atoms with E-state index in [1.165, 1.54) is 25.0 Å². The Kier molecular flexibility index (Phi) is 6.24. The second-order valence-electron chi connectivity index (χ2n) is 10.3. The van der Waals surface area contributed by atoms with E-state index in [-0.39, 0.29) is 23.5 Å². The molecule has 6 rings (SSSR count). The predicted octanol–water partition coefficient (Wildman–Crippen LogP) is 4.30. The van der Waals surface area contributed by atoms with Crippen molar-refractivity contribution < 1.29 is 4.39 Å². The van der Waals surface area contributed by atoms with Crippen molar-refractivity contribution >= 4 is 16.6 Å². The van der Waals surface area contributed by atoms with E-state index in [9.17, 15) is 9.18 Å². The fourth-order valence-electron chi connectivity index (χ4n) is 5.92. The van der Waals surface area contributed by atoms with Gasteiger partial charge in [0, 0.05) is 37.4 Å². The van der Waals surface area contributed by atoms with E-state index in [0.717, 1.165) is 72.6 Å². The Hall–Kier alpha value is -3.59. The minimum absolute atomic E-state index is 0.104. The molecule has 0 spiro atoms. The quantitative estimate of drug-likeness (QED) is 0.439. The Morgan fingerprint density at radius 1 is 1.00 bits per heavy atom. The number of hydrogen-bond donors (Lipinski definition) is 1. The summed E-state index contributed by atoms with van der Waals surface area (Å²) in [7, 11) is 0. The average molecular weight is 502 g/mol. The molecule has 2 fully saturated rings. The maximum atomic E-state index is 13.6. The van der Waals surface area contributed by atoms with Crippen LogP contribution in [0.25, 0.3) is 10.9 Å². The summed E-state index contributed by atoms with van der Waals surface area (Å²) in [6.45, 7) is 7.07. The zero-order valence-corrected chi connectivity index (χ0v) is 21.3. The zero-order chi connectivity index (χ0) is 25.5. The molecule has 3 heterocycles. The van der Waals surface area contributed by atoms with Crippen LogP contribution >= 0.6 is 0 Å². The zero-order valence-electron chi connectivity index (χ0n) is 21.3. The van der Waals surface area contributed by atoms with Crippen molar-refractivity contribution in [3.8, 4) is 0 Å². The molecule has 1 saturated carbocycles. The highest BCUT2D eigenvalue weighted by molar-refractivity contribution is 5.83. The largest absolute Gasteiger partial charge is 0.369 e. The molecule has 1 aliphatic heterocycles. The lowest BCUT2D eigenvalue weighted by atomic mass is 9.99. The lowest BCUT2D eigenvalue weighted by Crippen LogP contribution is -2.49. The molecule has 0 bridgehead atoms. The lowest BCUT2D eigenvalue weighted by Gasteiger charge is -2.39. The van der Waals surface area contributed by atoms with Crippen LogP contribution in [0.5, 0.6) is 0 Å². The molecule has 2 aromatic heterocycles. The molecule has 1 saturated heterocycles. The standard InChI is InChI=1S/C28H32FN7O/c1-18-7-8-20-17-24(28(37)30-25(20)19(18)2)26(27-31-32-33-36(27)23-5-3-4-6-23)35-15-13-34(14-16-35)22-11-9-21(29)10-12-22/h7-12,17,23,26H,3-6,13-16H2,1-2H3,(H,30,37)/t26-/m0/s1. The summed E-state index contributed by atoms with van der Waals surface area (Å²) < 4.78 is 15.4. The summed E-state index contributed by atoms with van der Waals surface area (Å²) in [4.78, 5) is 21.4. The molecule has 4 aromatic rings. The Labute approximate surface area is 215 Å². The summed E-state index contributed by atoms with van der Waals surface area (Å²) >= 11 is 0. The molecule has 2 aliphatic rings. The van der Waals surface area contributed by atoms with Gasteiger partial charge in [-0.1, -0.05) is 25.0 Å². The molecule has 8 nitrogen and oxygen atoms in total. The van der Waals surface area contributed by atoms with Crippen LogP contribution in [-0.4, -0.2) is 56.3 Å². The molecule has 0 unspecified atom stereocenters. The van der Waals surface area contributed by atoms with E-state index < -0.39 is 0 Å². The SMILES string of the molecule is Cc1ccc2cc([C@@H](c3nnnn3C3CCCC3)N3CCN(c4ccc(F)cc4)CC3)c(=O)[nH]c2c1C. The topological polar surface area (TPSA) is 82.9 Å². The average Bonchev–Trinajstić information content (AvgIpc) is 3.61. The molecule has 1 aliphatic carbocycles. The van der Waals surface area contributed by atoms with Crippen molar-refractivity contribution in [3.05, 3.63) is 81.2 Å². The number of aromatic nitrogens is 5. The fraction of sp³-hybridized carbons (Fsp3) is 0.429. The normalized spacial score (nSPS) is 18.1. The van der Waals surface area contributed by atoms with Crippen LogP contribution in [0.4, 0.5) is 10.1 Å². The maximum Gasteiger partial charge on any atom is 0.253 e. The third-order valence-corrected chi connectivity index (χ3v) is 8.18. The van der Waals surface area contributed by atoms with Crippen LogP contribution < -0.4 is 10.5 Å². The van der Waals surface area contributed by atoms with Gasteiger partial charge in [0.15, 0.2) is 5.82 Å². The number of hydrogen-bond acceptors (Lipinski definition) is 6. The van der Waals surface area contributed by atoms with Crippen molar-refractivity contribution in [3.63, 3.8) is 0 Å². The van der Waals surface area contributed by atoms with Gasteiger partial charge >= 0.3 is 0 Å². The van der Waals surface area contributed by atoms with Gasteiger partial charge in [-0.15, -0.1) is 5.10 Å². The van der Waals surface area contributed by atoms with Crippen molar-refractivity contribution in [2.75, 3.05) is 31.1 Å². The summed E-state index contributed by atoms with van der Waals surface area (Å²) in [5.74, 6) is 0.498. The number of H-pyrrole nitrogens is 1. The van der Waals surface area contributed by atoms with E-state index in [0.29, 0.717) is 5.56 Å². The monoisotopic (exact) mass is 501 g/mol. The lowest BCUT2D eigenvalue weighted by molar-refractivity contribution is 0.197. The number of rotatable bonds is 5. The van der Waals surface area contributed by atoms with Gasteiger partial charge in [-0.3, -0.25) is 9.69 Å². The number of pyridine rings is 1. The molecule has 0 radical (unpaired) electrons. The second-order valence-corrected chi connectivity index (χ2v) is 10.3. The first-order valence-corrected chi connectivity index (χ1v) is 13.1. The van der Waals surface area contributed by atoms with Crippen LogP contribution in [0.1, 0.15) is 60.3 Å². The van der Waals surface area contributed by atoms with E-state index in [2.05, 4.69) is 49.4 Å². The highest BCUT2D eigenvalue weighted by Crippen LogP contribution is 2.34. The molecule has 192 valence electrons. The summed E-state index contributed by atoms with van der Waals surface area (Å²) in [6.07, 6.45) is 4.44. The number of halogens is 1. The van der Waals surface area contributed by atoms with E-state index in [4.69, 9.17) is 0 Å². The van der Waals surface area contributed by atoms with Crippen LogP contribution in [0.2, 0.25) is 0 Å². The van der Waals surface area contributed by atoms with E-state index in [1.807, 2.05) is 29.8 Å². The number of aromatic amines is 1. The van der Waals surface area contributed by atoms with Crippen molar-refractivity contribution in [2.45, 2.75) is 51.6 Å². The second kappa shape index (κ2) is 9.70. The van der Waals surface area contributed by atoms with Crippen LogP contribution in [0.15, 0.2) is 47.3 Å². The van der Waals surface area contributed by atoms with Crippen molar-refractivity contribution in [1.29, 1.82) is 0 Å². The Morgan fingerprint density at radius 2 is 1.73 bits per heavy atom. The maximum absolute atomic E-state index is 13.6. The third kappa shape index (κ3) is 4.41. The van der Waals surface area contributed by atoms with Crippen molar-refractivity contribution in [2.24, 2.45) is 0 Å². The number of nitrogens with one attached hydrogen (secondary N) is 1. The minimum Gasteiger partial charge on any atom is -0.369 e. The van der Waals surface area contributed by atoms with Gasteiger partial charge in [-0.25, -0.2) is 9.07 Å². The Bertz CT molecular complexity index is 1460. The number of fused-ring (bicyclic) bond motifs is 1. The van der Waals surface area contributed by atoms with Gasteiger partial charge in [-0.05, 0) is 84.0 Å². The van der Waals surface area contributed by atoms with Gasteiger partial charge in [0.1, 0.15) is 11.9 Å². The van der Waals surface area contributed by atoms with Crippen LogP contribution in [0.3, 0.4) is 0 Å². The molecule has 1 N–H and O–H groups in total. The van der Waals surface area contributed by atoms with E-state index in [1.54, 1.807) is 0 Å². The summed E-state index contributed by atoms with van der Waals surface area (Å²) in [6, 6.07) is 12.7. The number of piperazine rings is 1. The molecule has 2 aromatic carbocycles. The molecule has 37 heavy (non-hydrogen) atoms. The fourth-order valence-corrected chi connectivity index (χ4v) is 5.92. The molecule has 0 amide bonds. The summed E-state index contributed by atoms with van der Waals surface area (Å²) in [5.41, 5.74) is 4.68. The van der Waals surface area contributed by atoms with Crippen molar-refractivity contribution in [1.82, 2.24) is 30.1 Å². The molecule has 1 atom stereocenters. The number of aryl methyl sites for hydroxylation is 2. The van der Waals surface area contributed by atoms with Gasteiger partial charge in [0.2, 0.25) is 0 Å². The third-order valence-electron chi connectivity index (χ3n) is 8.18. The smallest absolute Gasteiger partial charge is 0.253 e. The minimum atomic E-state index is -0.360. The van der Waals surface area contributed by atoms with Gasteiger partial charge < -0.3 is 9.88 Å². The highest BCUT2D eigenvalue weighted by atomic mass is 19.1. The van der Waals surface area contributed by atoms with Crippen LogP contribution in [0, 0.1) is 19.7 Å².